The molecule has 2 rings (SSSR count). The van der Waals surface area contributed by atoms with Crippen molar-refractivity contribution >= 4 is 12.1 Å². The van der Waals surface area contributed by atoms with E-state index in [-0.39, 0.29) is 0 Å². The van der Waals surface area contributed by atoms with E-state index in [0.29, 0.717) is 0 Å². The van der Waals surface area contributed by atoms with Crippen molar-refractivity contribution in [3.05, 3.63) is 24.2 Å². The molecule has 2 aromatic heterocycles. The lowest BCUT2D eigenvalue weighted by Crippen LogP contribution is -2.03. The van der Waals surface area contributed by atoms with Crippen molar-refractivity contribution in [2.45, 2.75) is 6.92 Å². The Morgan fingerprint density at radius 1 is 1.64 bits per heavy atom. The lowest BCUT2D eigenvalue weighted by atomic mass is 10.5. The zero-order valence-electron chi connectivity index (χ0n) is 6.06. The summed E-state index contributed by atoms with van der Waals surface area (Å²) < 4.78 is 3.20. The van der Waals surface area contributed by atoms with Crippen molar-refractivity contribution in [1.82, 2.24) is 14.2 Å². The number of fused-ring (bicyclic) bond motifs is 1. The number of nitrogens with zero attached hydrogens (tertiary/aromatic N) is 3. The average Bonchev–Trinajstić information content (AvgIpc) is 2.46. The molecular formula is C7H7N3O. The van der Waals surface area contributed by atoms with Gasteiger partial charge >= 0.3 is 0 Å². The van der Waals surface area contributed by atoms with Crippen LogP contribution in [0.25, 0.3) is 5.65 Å². The van der Waals surface area contributed by atoms with Gasteiger partial charge in [0.2, 0.25) is 6.41 Å². The molecule has 0 spiro atoms. The molecule has 2 aromatic rings. The number of imidazole rings is 1. The zero-order valence-corrected chi connectivity index (χ0v) is 6.06. The van der Waals surface area contributed by atoms with E-state index in [4.69, 9.17) is 0 Å². The second-order valence-corrected chi connectivity index (χ2v) is 2.37. The third kappa shape index (κ3) is 0.690. The quantitative estimate of drug-likeness (QED) is 0.553. The number of hydrogen-bond acceptors (Lipinski definition) is 2. The zero-order chi connectivity index (χ0) is 7.84. The summed E-state index contributed by atoms with van der Waals surface area (Å²) in [5.74, 6) is 0. The number of carbonyl (C=O) groups excluding carboxylic acids is 1. The van der Waals surface area contributed by atoms with Crippen LogP contribution in [0.3, 0.4) is 0 Å². The van der Waals surface area contributed by atoms with Crippen LogP contribution in [0.15, 0.2) is 18.5 Å². The van der Waals surface area contributed by atoms with Crippen LogP contribution in [0, 0.1) is 6.92 Å². The number of carbonyl (C=O) groups is 1. The van der Waals surface area contributed by atoms with E-state index < -0.39 is 0 Å². The van der Waals surface area contributed by atoms with E-state index in [0.717, 1.165) is 17.8 Å². The molecule has 0 atom stereocenters. The number of rotatable bonds is 1. The Hall–Kier alpha value is -1.58. The number of aromatic nitrogens is 3. The van der Waals surface area contributed by atoms with Crippen LogP contribution in [0.5, 0.6) is 0 Å². The second kappa shape index (κ2) is 1.95. The van der Waals surface area contributed by atoms with Gasteiger partial charge in [0.15, 0.2) is 5.65 Å². The summed E-state index contributed by atoms with van der Waals surface area (Å²) in [7, 11) is 0. The lowest BCUT2D eigenvalue weighted by molar-refractivity contribution is 0.535. The van der Waals surface area contributed by atoms with Gasteiger partial charge in [0.1, 0.15) is 0 Å². The first-order chi connectivity index (χ1) is 5.33. The van der Waals surface area contributed by atoms with Gasteiger partial charge in [0.25, 0.3) is 0 Å². The first kappa shape index (κ1) is 6.15. The molecule has 0 fully saturated rings. The molecule has 0 aliphatic carbocycles. The summed E-state index contributed by atoms with van der Waals surface area (Å²) in [4.78, 5) is 14.5. The fourth-order valence-electron chi connectivity index (χ4n) is 1.15. The van der Waals surface area contributed by atoms with Crippen LogP contribution in [0.1, 0.15) is 5.69 Å². The Bertz CT molecular complexity index is 399. The van der Waals surface area contributed by atoms with Crippen molar-refractivity contribution in [2.24, 2.45) is 0 Å². The first-order valence-electron chi connectivity index (χ1n) is 3.29. The van der Waals surface area contributed by atoms with Crippen molar-refractivity contribution in [2.75, 3.05) is 0 Å². The number of hydrogen-bond donors (Lipinski definition) is 0. The van der Waals surface area contributed by atoms with Gasteiger partial charge in [-0.1, -0.05) is 0 Å². The molecule has 11 heavy (non-hydrogen) atoms. The maximum atomic E-state index is 10.5. The summed E-state index contributed by atoms with van der Waals surface area (Å²) >= 11 is 0. The molecule has 4 nitrogen and oxygen atoms in total. The van der Waals surface area contributed by atoms with E-state index in [1.165, 1.54) is 4.68 Å². The minimum atomic E-state index is 0.768. The molecule has 2 heterocycles. The smallest absolute Gasteiger partial charge is 0.233 e. The molecule has 0 unspecified atom stereocenters. The standard InChI is InChI=1S/C7H7N3O/c1-6-4-7-8-2-3-9(7)10(6)5-11/h2-5H,1H3. The van der Waals surface area contributed by atoms with Crippen LogP contribution in [-0.2, 0) is 4.79 Å². The Morgan fingerprint density at radius 3 is 3.18 bits per heavy atom. The maximum absolute atomic E-state index is 10.5. The molecular weight excluding hydrogens is 142 g/mol. The number of aryl methyl sites for hydroxylation is 1. The molecule has 4 heteroatoms. The van der Waals surface area contributed by atoms with E-state index in [9.17, 15) is 4.79 Å². The van der Waals surface area contributed by atoms with Gasteiger partial charge in [-0.25, -0.2) is 14.2 Å². The van der Waals surface area contributed by atoms with E-state index >= 15 is 0 Å². The Labute approximate surface area is 63.0 Å². The van der Waals surface area contributed by atoms with E-state index in [1.54, 1.807) is 16.9 Å². The van der Waals surface area contributed by atoms with Gasteiger partial charge in [-0.2, -0.15) is 0 Å². The highest BCUT2D eigenvalue weighted by Crippen LogP contribution is 2.04. The second-order valence-electron chi connectivity index (χ2n) is 2.37. The van der Waals surface area contributed by atoms with Crippen molar-refractivity contribution in [3.8, 4) is 0 Å². The highest BCUT2D eigenvalue weighted by Gasteiger charge is 2.02. The molecule has 0 N–H and O–H groups in total. The highest BCUT2D eigenvalue weighted by molar-refractivity contribution is 5.56. The molecule has 0 aliphatic rings. The molecule has 56 valence electrons. The molecule has 0 aromatic carbocycles. The minimum absolute atomic E-state index is 0.768. The fraction of sp³-hybridized carbons (Fsp3) is 0.143. The maximum Gasteiger partial charge on any atom is 0.233 e. The largest absolute Gasteiger partial charge is 0.276 e. The van der Waals surface area contributed by atoms with Crippen molar-refractivity contribution in [1.29, 1.82) is 0 Å². The molecule has 0 aliphatic heterocycles. The first-order valence-corrected chi connectivity index (χ1v) is 3.29. The minimum Gasteiger partial charge on any atom is -0.276 e. The van der Waals surface area contributed by atoms with Crippen LogP contribution in [0.4, 0.5) is 0 Å². The van der Waals surface area contributed by atoms with Crippen molar-refractivity contribution in [3.63, 3.8) is 0 Å². The Morgan fingerprint density at radius 2 is 2.45 bits per heavy atom. The van der Waals surface area contributed by atoms with Crippen molar-refractivity contribution < 1.29 is 4.79 Å². The summed E-state index contributed by atoms with van der Waals surface area (Å²) in [5, 5.41) is 0. The van der Waals surface area contributed by atoms with Gasteiger partial charge < -0.3 is 0 Å². The fourth-order valence-corrected chi connectivity index (χ4v) is 1.15. The Kier molecular flexibility index (Phi) is 1.09. The SMILES string of the molecule is Cc1cc2nccn2n1C=O. The van der Waals surface area contributed by atoms with Gasteiger partial charge in [0.05, 0.1) is 0 Å². The summed E-state index contributed by atoms with van der Waals surface area (Å²) in [5.41, 5.74) is 1.69. The molecule has 0 saturated heterocycles. The van der Waals surface area contributed by atoms with Crippen LogP contribution in [0.2, 0.25) is 0 Å². The van der Waals surface area contributed by atoms with E-state index in [1.807, 2.05) is 13.0 Å². The topological polar surface area (TPSA) is 39.3 Å². The van der Waals surface area contributed by atoms with Gasteiger partial charge in [-0.05, 0) is 6.92 Å². The van der Waals surface area contributed by atoms with Gasteiger partial charge in [-0.15, -0.1) is 0 Å². The Balaban J connectivity index is 2.90. The van der Waals surface area contributed by atoms with Crippen LogP contribution >= 0.6 is 0 Å². The third-order valence-electron chi connectivity index (χ3n) is 1.68. The molecule has 0 amide bonds. The van der Waals surface area contributed by atoms with Crippen LogP contribution < -0.4 is 0 Å². The lowest BCUT2D eigenvalue weighted by Gasteiger charge is -1.93. The average molecular weight is 149 g/mol. The molecule has 0 radical (unpaired) electrons. The molecule has 0 saturated carbocycles. The normalized spacial score (nSPS) is 10.6. The summed E-state index contributed by atoms with van der Waals surface area (Å²) in [6, 6.07) is 1.86. The van der Waals surface area contributed by atoms with E-state index in [2.05, 4.69) is 4.98 Å². The van der Waals surface area contributed by atoms with Gasteiger partial charge in [0, 0.05) is 24.2 Å². The summed E-state index contributed by atoms with van der Waals surface area (Å²) in [6.45, 7) is 1.86. The predicted molar refractivity (Wildman–Crippen MR) is 40.1 cm³/mol. The van der Waals surface area contributed by atoms with Gasteiger partial charge in [-0.3, -0.25) is 4.79 Å². The third-order valence-corrected chi connectivity index (χ3v) is 1.68. The highest BCUT2D eigenvalue weighted by atomic mass is 16.1. The predicted octanol–water partition coefficient (Wildman–Crippen LogP) is 0.483. The summed E-state index contributed by atoms with van der Waals surface area (Å²) in [6.07, 6.45) is 4.18. The monoisotopic (exact) mass is 149 g/mol. The molecule has 0 bridgehead atoms. The van der Waals surface area contributed by atoms with Crippen LogP contribution in [-0.4, -0.2) is 20.6 Å².